The lowest BCUT2D eigenvalue weighted by Crippen LogP contribution is -2.04. The number of aryl methyl sites for hydroxylation is 1. The second-order valence-corrected chi connectivity index (χ2v) is 6.86. The molecule has 0 radical (unpaired) electrons. The molecule has 0 saturated carbocycles. The maximum atomic E-state index is 6.30. The standard InChI is InChI=1S/C21H18BrN3/c1-2-13-18(23)19(24)17(22)16-14-10-6-7-11-15(14)20(25-21(13)16)12-8-4-3-5-9-12/h3-11H,2,23-24H2,1H3. The summed E-state index contributed by atoms with van der Waals surface area (Å²) in [4.78, 5) is 5.04. The average Bonchev–Trinajstić information content (AvgIpc) is 2.66. The number of benzene rings is 3. The zero-order valence-corrected chi connectivity index (χ0v) is 15.5. The van der Waals surface area contributed by atoms with E-state index in [9.17, 15) is 0 Å². The van der Waals surface area contributed by atoms with Crippen molar-refractivity contribution in [3.63, 3.8) is 0 Å². The van der Waals surface area contributed by atoms with E-state index in [1.807, 2.05) is 30.3 Å². The first-order valence-electron chi connectivity index (χ1n) is 8.26. The highest BCUT2D eigenvalue weighted by molar-refractivity contribution is 9.10. The van der Waals surface area contributed by atoms with Gasteiger partial charge in [0.1, 0.15) is 0 Å². The van der Waals surface area contributed by atoms with Gasteiger partial charge in [0, 0.05) is 21.9 Å². The molecule has 4 heteroatoms. The Bertz CT molecular complexity index is 1100. The molecule has 0 aliphatic heterocycles. The molecular weight excluding hydrogens is 374 g/mol. The van der Waals surface area contributed by atoms with Crippen LogP contribution in [0.2, 0.25) is 0 Å². The van der Waals surface area contributed by atoms with Gasteiger partial charge in [0.2, 0.25) is 0 Å². The Labute approximate surface area is 154 Å². The predicted octanol–water partition coefficient (Wildman–Crippen LogP) is 5.54. The largest absolute Gasteiger partial charge is 0.397 e. The molecule has 0 bridgehead atoms. The molecule has 0 unspecified atom stereocenters. The molecule has 1 heterocycles. The molecule has 25 heavy (non-hydrogen) atoms. The van der Waals surface area contributed by atoms with Gasteiger partial charge in [-0.3, -0.25) is 0 Å². The minimum absolute atomic E-state index is 0.587. The van der Waals surface area contributed by atoms with E-state index in [2.05, 4.69) is 47.1 Å². The predicted molar refractivity (Wildman–Crippen MR) is 111 cm³/mol. The van der Waals surface area contributed by atoms with E-state index in [4.69, 9.17) is 16.5 Å². The normalized spacial score (nSPS) is 11.3. The van der Waals surface area contributed by atoms with Crippen molar-refractivity contribution < 1.29 is 0 Å². The van der Waals surface area contributed by atoms with Crippen molar-refractivity contribution in [1.29, 1.82) is 0 Å². The Kier molecular flexibility index (Phi) is 3.85. The highest BCUT2D eigenvalue weighted by atomic mass is 79.9. The number of rotatable bonds is 2. The third kappa shape index (κ3) is 2.36. The fourth-order valence-corrected chi connectivity index (χ4v) is 4.04. The first-order valence-corrected chi connectivity index (χ1v) is 9.06. The van der Waals surface area contributed by atoms with Crippen LogP contribution in [0.4, 0.5) is 11.4 Å². The Morgan fingerprint density at radius 2 is 1.52 bits per heavy atom. The van der Waals surface area contributed by atoms with Gasteiger partial charge < -0.3 is 11.5 Å². The summed E-state index contributed by atoms with van der Waals surface area (Å²) in [6, 6.07) is 18.6. The Balaban J connectivity index is 2.27. The summed E-state index contributed by atoms with van der Waals surface area (Å²) >= 11 is 3.65. The molecule has 4 N–H and O–H groups in total. The molecule has 0 saturated heterocycles. The summed E-state index contributed by atoms with van der Waals surface area (Å²) in [6.45, 7) is 2.08. The number of halogens is 1. The van der Waals surface area contributed by atoms with E-state index >= 15 is 0 Å². The molecule has 4 aromatic rings. The van der Waals surface area contributed by atoms with Gasteiger partial charge in [-0.05, 0) is 27.7 Å². The number of hydrogen-bond acceptors (Lipinski definition) is 3. The third-order valence-electron chi connectivity index (χ3n) is 4.67. The van der Waals surface area contributed by atoms with E-state index in [0.717, 1.165) is 49.4 Å². The van der Waals surface area contributed by atoms with Gasteiger partial charge in [0.05, 0.1) is 27.1 Å². The smallest absolute Gasteiger partial charge is 0.0788 e. The van der Waals surface area contributed by atoms with E-state index in [0.29, 0.717) is 11.4 Å². The number of nitrogens with zero attached hydrogens (tertiary/aromatic N) is 1. The molecule has 4 rings (SSSR count). The molecule has 3 aromatic carbocycles. The lowest BCUT2D eigenvalue weighted by atomic mass is 9.96. The van der Waals surface area contributed by atoms with Crippen LogP contribution in [-0.4, -0.2) is 4.98 Å². The zero-order chi connectivity index (χ0) is 17.6. The number of nitrogen functional groups attached to an aromatic ring is 2. The quantitative estimate of drug-likeness (QED) is 0.348. The van der Waals surface area contributed by atoms with E-state index in [1.165, 1.54) is 0 Å². The summed E-state index contributed by atoms with van der Waals surface area (Å²) in [7, 11) is 0. The first-order chi connectivity index (χ1) is 12.1. The molecule has 0 aliphatic rings. The van der Waals surface area contributed by atoms with Crippen molar-refractivity contribution in [1.82, 2.24) is 4.98 Å². The average molecular weight is 392 g/mol. The minimum atomic E-state index is 0.587. The van der Waals surface area contributed by atoms with Gasteiger partial charge in [-0.25, -0.2) is 4.98 Å². The Morgan fingerprint density at radius 1 is 0.880 bits per heavy atom. The Morgan fingerprint density at radius 3 is 2.20 bits per heavy atom. The van der Waals surface area contributed by atoms with Crippen molar-refractivity contribution in [3.05, 3.63) is 64.6 Å². The summed E-state index contributed by atoms with van der Waals surface area (Å²) in [5.74, 6) is 0. The summed E-state index contributed by atoms with van der Waals surface area (Å²) < 4.78 is 0.820. The highest BCUT2D eigenvalue weighted by Gasteiger charge is 2.19. The van der Waals surface area contributed by atoms with Crippen molar-refractivity contribution in [3.8, 4) is 11.3 Å². The minimum Gasteiger partial charge on any atom is -0.397 e. The number of nitrogens with two attached hydrogens (primary N) is 2. The fourth-order valence-electron chi connectivity index (χ4n) is 3.42. The Hall–Kier alpha value is -2.59. The van der Waals surface area contributed by atoms with E-state index in [1.54, 1.807) is 0 Å². The van der Waals surface area contributed by atoms with Gasteiger partial charge in [-0.15, -0.1) is 0 Å². The van der Waals surface area contributed by atoms with Gasteiger partial charge in [-0.1, -0.05) is 61.5 Å². The number of aromatic nitrogens is 1. The van der Waals surface area contributed by atoms with Crippen molar-refractivity contribution >= 4 is 49.0 Å². The molecule has 1 aromatic heterocycles. The molecule has 124 valence electrons. The second-order valence-electron chi connectivity index (χ2n) is 6.07. The van der Waals surface area contributed by atoms with Crippen LogP contribution in [-0.2, 0) is 6.42 Å². The first kappa shape index (κ1) is 15.9. The van der Waals surface area contributed by atoms with Gasteiger partial charge in [-0.2, -0.15) is 0 Å². The zero-order valence-electron chi connectivity index (χ0n) is 13.9. The number of hydrogen-bond donors (Lipinski definition) is 2. The molecular formula is C21H18BrN3. The van der Waals surface area contributed by atoms with Crippen LogP contribution in [0.1, 0.15) is 12.5 Å². The van der Waals surface area contributed by atoms with Crippen LogP contribution in [0.15, 0.2) is 59.1 Å². The van der Waals surface area contributed by atoms with E-state index in [-0.39, 0.29) is 0 Å². The van der Waals surface area contributed by atoms with Crippen molar-refractivity contribution in [2.24, 2.45) is 0 Å². The summed E-state index contributed by atoms with van der Waals surface area (Å²) in [5, 5.41) is 3.26. The highest BCUT2D eigenvalue weighted by Crippen LogP contribution is 2.43. The second kappa shape index (κ2) is 6.05. The van der Waals surface area contributed by atoms with Crippen LogP contribution in [0.25, 0.3) is 32.9 Å². The summed E-state index contributed by atoms with van der Waals surface area (Å²) in [5.41, 5.74) is 17.7. The molecule has 3 nitrogen and oxygen atoms in total. The van der Waals surface area contributed by atoms with E-state index < -0.39 is 0 Å². The number of anilines is 2. The molecule has 0 aliphatic carbocycles. The SMILES string of the molecule is CCc1c(N)c(N)c(Br)c2c1nc(-c1ccccc1)c1ccccc12. The number of pyridine rings is 1. The maximum absolute atomic E-state index is 6.30. The van der Waals surface area contributed by atoms with Gasteiger partial charge in [0.25, 0.3) is 0 Å². The molecule has 0 amide bonds. The monoisotopic (exact) mass is 391 g/mol. The van der Waals surface area contributed by atoms with Gasteiger partial charge >= 0.3 is 0 Å². The molecule has 0 fully saturated rings. The van der Waals surface area contributed by atoms with Gasteiger partial charge in [0.15, 0.2) is 0 Å². The van der Waals surface area contributed by atoms with Crippen LogP contribution < -0.4 is 11.5 Å². The topological polar surface area (TPSA) is 64.9 Å². The molecule has 0 spiro atoms. The fraction of sp³-hybridized carbons (Fsp3) is 0.0952. The van der Waals surface area contributed by atoms with Crippen molar-refractivity contribution in [2.75, 3.05) is 11.5 Å². The van der Waals surface area contributed by atoms with Crippen molar-refractivity contribution in [2.45, 2.75) is 13.3 Å². The van der Waals surface area contributed by atoms with Crippen LogP contribution in [0.3, 0.4) is 0 Å². The number of fused-ring (bicyclic) bond motifs is 3. The maximum Gasteiger partial charge on any atom is 0.0788 e. The lowest BCUT2D eigenvalue weighted by molar-refractivity contribution is 1.15. The third-order valence-corrected chi connectivity index (χ3v) is 5.49. The lowest BCUT2D eigenvalue weighted by Gasteiger charge is -2.17. The van der Waals surface area contributed by atoms with Crippen LogP contribution in [0, 0.1) is 0 Å². The molecule has 0 atom stereocenters. The van der Waals surface area contributed by atoms with Crippen LogP contribution >= 0.6 is 15.9 Å². The van der Waals surface area contributed by atoms with Crippen LogP contribution in [0.5, 0.6) is 0 Å². The summed E-state index contributed by atoms with van der Waals surface area (Å²) in [6.07, 6.45) is 0.777.